The number of hydrogen-bond donors (Lipinski definition) is 1. The Morgan fingerprint density at radius 3 is 2.00 bits per heavy atom. The number of anilines is 2. The summed E-state index contributed by atoms with van der Waals surface area (Å²) in [7, 11) is -0.101. The molecule has 0 bridgehead atoms. The van der Waals surface area contributed by atoms with E-state index in [1.807, 2.05) is 0 Å². The molecule has 1 aliphatic rings. The summed E-state index contributed by atoms with van der Waals surface area (Å²) in [4.78, 5) is 2.58. The van der Waals surface area contributed by atoms with Crippen LogP contribution in [0.1, 0.15) is 23.6 Å². The third-order valence-electron chi connectivity index (χ3n) is 6.36. The van der Waals surface area contributed by atoms with Crippen molar-refractivity contribution in [3.05, 3.63) is 42.0 Å². The smallest absolute Gasteiger partial charge is 0.243 e. The summed E-state index contributed by atoms with van der Waals surface area (Å²) in [5, 5.41) is 0. The van der Waals surface area contributed by atoms with Gasteiger partial charge in [0, 0.05) is 40.5 Å². The largest absolute Gasteiger partial charge is 1.00 e. The van der Waals surface area contributed by atoms with Gasteiger partial charge in [0.1, 0.15) is 18.4 Å². The molecular weight excluding hydrogens is 436 g/mol. The molecule has 0 spiro atoms. The summed E-state index contributed by atoms with van der Waals surface area (Å²) in [6.07, 6.45) is 9.99. The second-order valence-corrected chi connectivity index (χ2v) is 23.0. The van der Waals surface area contributed by atoms with Gasteiger partial charge in [-0.05, 0) is 36.1 Å². The van der Waals surface area contributed by atoms with Gasteiger partial charge in [-0.2, -0.15) is 0 Å². The van der Waals surface area contributed by atoms with E-state index in [9.17, 15) is 0 Å². The van der Waals surface area contributed by atoms with Crippen LogP contribution in [0.5, 0.6) is 0 Å². The predicted molar refractivity (Wildman–Crippen MR) is 136 cm³/mol. The van der Waals surface area contributed by atoms with Crippen LogP contribution in [0.3, 0.4) is 0 Å². The molecule has 0 radical (unpaired) electrons. The van der Waals surface area contributed by atoms with Gasteiger partial charge in [-0.1, -0.05) is 51.4 Å². The van der Waals surface area contributed by atoms with E-state index >= 15 is 0 Å². The van der Waals surface area contributed by atoms with Crippen molar-refractivity contribution in [3.8, 4) is 0 Å². The minimum absolute atomic E-state index is 0. The highest BCUT2D eigenvalue weighted by Crippen LogP contribution is 2.33. The molecule has 1 aliphatic heterocycles. The van der Waals surface area contributed by atoms with E-state index < -0.39 is 16.1 Å². The third-order valence-corrected chi connectivity index (χ3v) is 9.86. The second-order valence-electron chi connectivity index (χ2n) is 11.7. The highest BCUT2D eigenvalue weighted by atomic mass is 35.5. The summed E-state index contributed by atoms with van der Waals surface area (Å²) in [6.45, 7) is 17.0. The standard InChI is InChI=1S/C24H43N4Si2.ClH/c1-26-12-13-28(19-26)22-8-11-27(18-22)23-16-20(9-14-29(2,3)4)24(25)21(17-23)10-15-30(5,6)7;/h12-13,16-17,19,22H,8-11,14-15,18,25H2,1-7H3;1H/q+1;/p-1. The second kappa shape index (κ2) is 10.1. The van der Waals surface area contributed by atoms with Crippen molar-refractivity contribution >= 4 is 27.5 Å². The Hall–Kier alpha value is -1.25. The fraction of sp³-hybridized carbons (Fsp3) is 0.625. The van der Waals surface area contributed by atoms with Crippen LogP contribution in [0.15, 0.2) is 30.9 Å². The highest BCUT2D eigenvalue weighted by molar-refractivity contribution is 6.76. The van der Waals surface area contributed by atoms with Crippen molar-refractivity contribution in [3.63, 3.8) is 0 Å². The molecule has 1 unspecified atom stereocenters. The molecule has 1 fully saturated rings. The van der Waals surface area contributed by atoms with Gasteiger partial charge in [0.05, 0.1) is 13.6 Å². The molecule has 1 atom stereocenters. The fourth-order valence-electron chi connectivity index (χ4n) is 4.28. The molecule has 4 nitrogen and oxygen atoms in total. The van der Waals surface area contributed by atoms with E-state index in [1.165, 1.54) is 35.3 Å². The molecule has 3 rings (SSSR count). The van der Waals surface area contributed by atoms with Gasteiger partial charge in [-0.15, -0.1) is 0 Å². The monoisotopic (exact) mass is 478 g/mol. The quantitative estimate of drug-likeness (QED) is 0.358. The van der Waals surface area contributed by atoms with Crippen LogP contribution >= 0.6 is 0 Å². The van der Waals surface area contributed by atoms with E-state index in [2.05, 4.69) is 91.2 Å². The SMILES string of the molecule is C[n+]1ccn(C2CCN(c3cc(CC[Si](C)(C)C)c(N)c(CC[Si](C)(C)C)c3)C2)c1.[Cl-]. The highest BCUT2D eigenvalue weighted by Gasteiger charge is 2.28. The Bertz CT molecular complexity index is 828. The van der Waals surface area contributed by atoms with E-state index in [0.717, 1.165) is 31.6 Å². The van der Waals surface area contributed by atoms with E-state index in [1.54, 1.807) is 0 Å². The maximum Gasteiger partial charge on any atom is 0.243 e. The minimum atomic E-state index is -1.10. The lowest BCUT2D eigenvalue weighted by molar-refractivity contribution is -0.671. The average Bonchev–Trinajstić information content (AvgIpc) is 3.27. The zero-order valence-electron chi connectivity index (χ0n) is 20.7. The van der Waals surface area contributed by atoms with Gasteiger partial charge in [0.15, 0.2) is 0 Å². The van der Waals surface area contributed by atoms with Crippen molar-refractivity contribution in [1.29, 1.82) is 0 Å². The van der Waals surface area contributed by atoms with Crippen LogP contribution < -0.4 is 27.6 Å². The summed E-state index contributed by atoms with van der Waals surface area (Å²) in [5.41, 5.74) is 12.0. The molecule has 7 heteroatoms. The Morgan fingerprint density at radius 1 is 1.00 bits per heavy atom. The summed E-state index contributed by atoms with van der Waals surface area (Å²) in [6, 6.07) is 7.98. The number of nitrogen functional groups attached to an aromatic ring is 1. The van der Waals surface area contributed by atoms with Crippen LogP contribution in [0.25, 0.3) is 0 Å². The van der Waals surface area contributed by atoms with Crippen LogP contribution in [0, 0.1) is 0 Å². The van der Waals surface area contributed by atoms with Crippen molar-refractivity contribution in [1.82, 2.24) is 4.57 Å². The minimum Gasteiger partial charge on any atom is -1.00 e. The van der Waals surface area contributed by atoms with E-state index in [4.69, 9.17) is 5.73 Å². The first-order valence-electron chi connectivity index (χ1n) is 11.6. The summed E-state index contributed by atoms with van der Waals surface area (Å²) < 4.78 is 4.50. The molecule has 1 saturated heterocycles. The van der Waals surface area contributed by atoms with Crippen molar-refractivity contribution in [2.24, 2.45) is 7.05 Å². The number of halogens is 1. The van der Waals surface area contributed by atoms with Crippen LogP contribution in [0.2, 0.25) is 51.4 Å². The Balaban J connectivity index is 0.00000341. The first-order valence-corrected chi connectivity index (χ1v) is 19.0. The number of hydrogen-bond acceptors (Lipinski definition) is 2. The lowest BCUT2D eigenvalue weighted by Crippen LogP contribution is -3.00. The molecule has 2 N–H and O–H groups in total. The fourth-order valence-corrected chi connectivity index (χ4v) is 6.32. The first-order chi connectivity index (χ1) is 13.9. The molecular formula is C24H43ClN4Si2. The van der Waals surface area contributed by atoms with E-state index in [0.29, 0.717) is 6.04 Å². The van der Waals surface area contributed by atoms with Crippen LogP contribution in [-0.2, 0) is 19.9 Å². The Kier molecular flexibility index (Phi) is 8.50. The zero-order chi connectivity index (χ0) is 22.1. The van der Waals surface area contributed by atoms with Crippen molar-refractivity contribution in [2.75, 3.05) is 23.7 Å². The maximum absolute atomic E-state index is 6.74. The van der Waals surface area contributed by atoms with Crippen LogP contribution in [0.4, 0.5) is 11.4 Å². The molecule has 2 aromatic rings. The van der Waals surface area contributed by atoms with Gasteiger partial charge in [-0.25, -0.2) is 9.13 Å². The van der Waals surface area contributed by atoms with Crippen LogP contribution in [-0.4, -0.2) is 33.8 Å². The number of rotatable bonds is 8. The number of benzene rings is 1. The first kappa shape index (κ1) is 26.0. The molecule has 31 heavy (non-hydrogen) atoms. The summed E-state index contributed by atoms with van der Waals surface area (Å²) in [5.74, 6) is 0. The van der Waals surface area contributed by atoms with Gasteiger partial charge in [0.25, 0.3) is 0 Å². The predicted octanol–water partition coefficient (Wildman–Crippen LogP) is 2.11. The Morgan fingerprint density at radius 2 is 1.55 bits per heavy atom. The molecule has 0 amide bonds. The van der Waals surface area contributed by atoms with Crippen molar-refractivity contribution < 1.29 is 17.0 Å². The molecule has 2 heterocycles. The number of aryl methyl sites for hydroxylation is 3. The van der Waals surface area contributed by atoms with Gasteiger partial charge < -0.3 is 23.0 Å². The number of nitrogens with two attached hydrogens (primary N) is 1. The number of aromatic nitrogens is 2. The normalized spacial score (nSPS) is 17.1. The zero-order valence-corrected chi connectivity index (χ0v) is 23.5. The number of nitrogens with zero attached hydrogens (tertiary/aromatic N) is 3. The van der Waals surface area contributed by atoms with E-state index in [-0.39, 0.29) is 12.4 Å². The topological polar surface area (TPSA) is 38.1 Å². The third kappa shape index (κ3) is 7.40. The Labute approximate surface area is 198 Å². The summed E-state index contributed by atoms with van der Waals surface area (Å²) >= 11 is 0. The lowest BCUT2D eigenvalue weighted by Gasteiger charge is -2.24. The average molecular weight is 479 g/mol. The van der Waals surface area contributed by atoms with Gasteiger partial charge >= 0.3 is 0 Å². The van der Waals surface area contributed by atoms with Gasteiger partial charge in [0.2, 0.25) is 6.33 Å². The van der Waals surface area contributed by atoms with Gasteiger partial charge in [-0.3, -0.25) is 0 Å². The molecule has 1 aromatic carbocycles. The molecule has 1 aromatic heterocycles. The number of imidazole rings is 1. The molecule has 174 valence electrons. The molecule has 0 aliphatic carbocycles. The maximum atomic E-state index is 6.74. The lowest BCUT2D eigenvalue weighted by atomic mass is 10.0. The van der Waals surface area contributed by atoms with Crippen molar-refractivity contribution in [2.45, 2.75) is 76.7 Å². The molecule has 0 saturated carbocycles.